The number of hydrogen-bond donors (Lipinski definition) is 3. The van der Waals surface area contributed by atoms with E-state index >= 15 is 0 Å². The van der Waals surface area contributed by atoms with Crippen molar-refractivity contribution in [1.82, 2.24) is 15.3 Å². The number of halogens is 4. The van der Waals surface area contributed by atoms with E-state index in [0.29, 0.717) is 12.5 Å². The molecule has 0 radical (unpaired) electrons. The number of sulfone groups is 1. The van der Waals surface area contributed by atoms with Crippen molar-refractivity contribution in [2.45, 2.75) is 22.9 Å². The van der Waals surface area contributed by atoms with Crippen molar-refractivity contribution in [3.05, 3.63) is 78.1 Å². The summed E-state index contributed by atoms with van der Waals surface area (Å²) >= 11 is 0. The van der Waals surface area contributed by atoms with E-state index in [1.165, 1.54) is 19.2 Å². The quantitative estimate of drug-likeness (QED) is 0.247. The van der Waals surface area contributed by atoms with Crippen LogP contribution in [0.1, 0.15) is 27.4 Å². The number of carboxylic acid groups (broad SMARTS) is 1. The number of carbonyl (C=O) groups is 3. The molecule has 1 aromatic heterocycles. The van der Waals surface area contributed by atoms with E-state index in [4.69, 9.17) is 9.84 Å². The van der Waals surface area contributed by atoms with Gasteiger partial charge in [-0.1, -0.05) is 18.2 Å². The van der Waals surface area contributed by atoms with E-state index in [1.807, 2.05) is 6.08 Å². The van der Waals surface area contributed by atoms with Crippen LogP contribution in [0.15, 0.2) is 65.8 Å². The lowest BCUT2D eigenvalue weighted by atomic mass is 9.87. The van der Waals surface area contributed by atoms with Crippen molar-refractivity contribution in [3.8, 4) is 16.9 Å². The Balaban J connectivity index is 1.40. The molecule has 0 aliphatic heterocycles. The number of rotatable bonds is 8. The van der Waals surface area contributed by atoms with E-state index < -0.39 is 61.6 Å². The fraction of sp³-hybridized carbons (Fsp3) is 0.250. The number of anilines is 1. The molecule has 5 rings (SSSR count). The number of nitrogens with one attached hydrogen (secondary N) is 2. The third-order valence-electron chi connectivity index (χ3n) is 7.46. The predicted octanol–water partition coefficient (Wildman–Crippen LogP) is 3.84. The molecule has 2 amide bonds. The van der Waals surface area contributed by atoms with Crippen LogP contribution in [-0.4, -0.2) is 59.9 Å². The van der Waals surface area contributed by atoms with Gasteiger partial charge in [0.15, 0.2) is 0 Å². The second-order valence-electron chi connectivity index (χ2n) is 10.1. The highest BCUT2D eigenvalue weighted by atomic mass is 32.2. The maximum absolute atomic E-state index is 14.9. The molecule has 3 N–H and O–H groups in total. The zero-order valence-corrected chi connectivity index (χ0v) is 23.3. The van der Waals surface area contributed by atoms with Gasteiger partial charge in [0.05, 0.1) is 23.5 Å². The van der Waals surface area contributed by atoms with E-state index in [1.54, 1.807) is 6.08 Å². The van der Waals surface area contributed by atoms with Gasteiger partial charge in [0.2, 0.25) is 11.7 Å². The van der Waals surface area contributed by atoms with E-state index in [-0.39, 0.29) is 40.0 Å². The number of carboxylic acids is 1. The normalized spacial score (nSPS) is 20.8. The number of aromatic carboxylic acids is 1. The zero-order chi connectivity index (χ0) is 32.0. The highest BCUT2D eigenvalue weighted by Gasteiger charge is 2.49. The number of aromatic nitrogens is 2. The minimum Gasteiger partial charge on any atom is -0.496 e. The average Bonchev–Trinajstić information content (AvgIpc) is 3.58. The van der Waals surface area contributed by atoms with Crippen molar-refractivity contribution in [2.24, 2.45) is 17.8 Å². The van der Waals surface area contributed by atoms with Crippen LogP contribution >= 0.6 is 0 Å². The summed E-state index contributed by atoms with van der Waals surface area (Å²) in [4.78, 5) is 44.2. The average molecular weight is 635 g/mol. The summed E-state index contributed by atoms with van der Waals surface area (Å²) in [6.07, 6.45) is 6.27. The first kappa shape index (κ1) is 30.6. The summed E-state index contributed by atoms with van der Waals surface area (Å²) in [5, 5.41) is 14.3. The lowest BCUT2D eigenvalue weighted by Crippen LogP contribution is -2.47. The fourth-order valence-electron chi connectivity index (χ4n) is 5.41. The van der Waals surface area contributed by atoms with Crippen LogP contribution in [0, 0.1) is 23.6 Å². The number of ether oxygens (including phenoxy) is 1. The molecule has 0 spiro atoms. The SMILES string of the molecule is COc1cc(F)c(-c2cnc(C(=O)O)nc2)cc1C(=O)NC1C2C=CC(C2)C1C(=O)Nc1cccc(S(=O)(=O)C(F)(F)F)c1. The second kappa shape index (κ2) is 11.3. The molecule has 2 aromatic carbocycles. The van der Waals surface area contributed by atoms with Gasteiger partial charge in [-0.15, -0.1) is 0 Å². The predicted molar refractivity (Wildman–Crippen MR) is 145 cm³/mol. The Morgan fingerprint density at radius 3 is 2.36 bits per heavy atom. The van der Waals surface area contributed by atoms with E-state index in [9.17, 15) is 40.4 Å². The molecule has 1 heterocycles. The molecule has 0 saturated heterocycles. The topological polar surface area (TPSA) is 165 Å². The lowest BCUT2D eigenvalue weighted by Gasteiger charge is -2.28. The Kier molecular flexibility index (Phi) is 7.88. The molecule has 2 aliphatic carbocycles. The molecular formula is C28H22F4N4O7S. The van der Waals surface area contributed by atoms with E-state index in [2.05, 4.69) is 20.6 Å². The van der Waals surface area contributed by atoms with Crippen molar-refractivity contribution in [3.63, 3.8) is 0 Å². The van der Waals surface area contributed by atoms with Crippen molar-refractivity contribution in [2.75, 3.05) is 12.4 Å². The molecule has 44 heavy (non-hydrogen) atoms. The van der Waals surface area contributed by atoms with E-state index in [0.717, 1.165) is 30.6 Å². The van der Waals surface area contributed by atoms with Gasteiger partial charge in [0.1, 0.15) is 11.6 Å². The van der Waals surface area contributed by atoms with Crippen LogP contribution in [-0.2, 0) is 14.6 Å². The first-order valence-electron chi connectivity index (χ1n) is 12.9. The van der Waals surface area contributed by atoms with Crippen LogP contribution in [0.4, 0.5) is 23.2 Å². The highest BCUT2D eigenvalue weighted by molar-refractivity contribution is 7.92. The third-order valence-corrected chi connectivity index (χ3v) is 8.95. The maximum atomic E-state index is 14.9. The number of allylic oxidation sites excluding steroid dienone is 1. The van der Waals surface area contributed by atoms with Gasteiger partial charge < -0.3 is 20.5 Å². The Morgan fingerprint density at radius 2 is 1.73 bits per heavy atom. The van der Waals surface area contributed by atoms with Crippen LogP contribution in [0.5, 0.6) is 5.75 Å². The molecule has 2 aliphatic rings. The molecule has 3 aromatic rings. The summed E-state index contributed by atoms with van der Waals surface area (Å²) in [5.74, 6) is -5.70. The molecule has 1 saturated carbocycles. The summed E-state index contributed by atoms with van der Waals surface area (Å²) < 4.78 is 82.9. The van der Waals surface area contributed by atoms with Gasteiger partial charge in [-0.05, 0) is 42.5 Å². The van der Waals surface area contributed by atoms with Gasteiger partial charge in [-0.3, -0.25) is 9.59 Å². The number of hydrogen-bond acceptors (Lipinski definition) is 8. The minimum atomic E-state index is -5.65. The Labute approximate surface area is 246 Å². The minimum absolute atomic E-state index is 0.0825. The van der Waals surface area contributed by atoms with Crippen LogP contribution in [0.25, 0.3) is 11.1 Å². The summed E-state index contributed by atoms with van der Waals surface area (Å²) in [7, 11) is -4.43. The van der Waals surface area contributed by atoms with Crippen LogP contribution < -0.4 is 15.4 Å². The molecule has 16 heteroatoms. The van der Waals surface area contributed by atoms with Gasteiger partial charge >= 0.3 is 11.5 Å². The van der Waals surface area contributed by atoms with Gasteiger partial charge in [0.25, 0.3) is 15.7 Å². The summed E-state index contributed by atoms with van der Waals surface area (Å²) in [6, 6.07) is 5.12. The molecule has 11 nitrogen and oxygen atoms in total. The molecule has 4 atom stereocenters. The third kappa shape index (κ3) is 5.59. The van der Waals surface area contributed by atoms with Gasteiger partial charge in [-0.25, -0.2) is 27.6 Å². The summed E-state index contributed by atoms with van der Waals surface area (Å²) in [6.45, 7) is 0. The molecule has 2 bridgehead atoms. The first-order valence-corrected chi connectivity index (χ1v) is 14.3. The Morgan fingerprint density at radius 1 is 1.05 bits per heavy atom. The molecular weight excluding hydrogens is 612 g/mol. The fourth-order valence-corrected chi connectivity index (χ4v) is 6.21. The highest BCUT2D eigenvalue weighted by Crippen LogP contribution is 2.45. The molecule has 1 fully saturated rings. The number of carbonyl (C=O) groups excluding carboxylic acids is 2. The summed E-state index contributed by atoms with van der Waals surface area (Å²) in [5.41, 5.74) is -5.86. The number of methoxy groups -OCH3 is 1. The Hall–Kier alpha value is -4.86. The smallest absolute Gasteiger partial charge is 0.496 e. The largest absolute Gasteiger partial charge is 0.501 e. The second-order valence-corrected chi connectivity index (χ2v) is 12.0. The standard InChI is InChI=1S/C28H22F4N4O7S/c1-43-21-10-20(29)18(15-11-33-24(27(39)40)34-12-15)9-19(21)25(37)36-23-14-6-5-13(7-14)22(23)26(38)35-16-3-2-4-17(8-16)44(41,42)28(30,31)32/h2-6,8-14,22-23H,7H2,1H3,(H,35,38)(H,36,37)(H,39,40). The number of benzene rings is 2. The number of alkyl halides is 3. The Bertz CT molecular complexity index is 1800. The molecule has 230 valence electrons. The molecule has 4 unspecified atom stereocenters. The number of nitrogens with zero attached hydrogens (tertiary/aromatic N) is 2. The van der Waals surface area contributed by atoms with Gasteiger partial charge in [-0.2, -0.15) is 13.2 Å². The van der Waals surface area contributed by atoms with Gasteiger partial charge in [0, 0.05) is 41.3 Å². The van der Waals surface area contributed by atoms with Crippen molar-refractivity contribution >= 4 is 33.3 Å². The number of fused-ring (bicyclic) bond motifs is 2. The van der Waals surface area contributed by atoms with Crippen LogP contribution in [0.2, 0.25) is 0 Å². The van der Waals surface area contributed by atoms with Crippen molar-refractivity contribution < 1.29 is 50.2 Å². The van der Waals surface area contributed by atoms with Crippen molar-refractivity contribution in [1.29, 1.82) is 0 Å². The number of amides is 2. The van der Waals surface area contributed by atoms with Crippen LogP contribution in [0.3, 0.4) is 0 Å². The zero-order valence-electron chi connectivity index (χ0n) is 22.5. The first-order chi connectivity index (χ1) is 20.7. The monoisotopic (exact) mass is 634 g/mol. The lowest BCUT2D eigenvalue weighted by molar-refractivity contribution is -0.121. The maximum Gasteiger partial charge on any atom is 0.501 e.